The third-order valence-corrected chi connectivity index (χ3v) is 9.29. The van der Waals surface area contributed by atoms with Crippen LogP contribution in [-0.4, -0.2) is 92.4 Å². The number of amides is 4. The Kier molecular flexibility index (Phi) is 10.2. The number of halogens is 1. The highest BCUT2D eigenvalue weighted by molar-refractivity contribution is 9.10. The van der Waals surface area contributed by atoms with Crippen LogP contribution >= 0.6 is 15.9 Å². The molecule has 0 saturated carbocycles. The molecule has 0 aliphatic carbocycles. The fourth-order valence-electron chi connectivity index (χ4n) is 4.88. The average Bonchev–Trinajstić information content (AvgIpc) is 3.80. The van der Waals surface area contributed by atoms with Crippen molar-refractivity contribution in [2.24, 2.45) is 14.4 Å². The Bertz CT molecular complexity index is 1740. The summed E-state index contributed by atoms with van der Waals surface area (Å²) in [5.41, 5.74) is 4.96. The Hall–Kier alpha value is -4.57. The van der Waals surface area contributed by atoms with Crippen molar-refractivity contribution in [3.05, 3.63) is 70.0 Å². The first-order valence-corrected chi connectivity index (χ1v) is 16.8. The average molecular weight is 697 g/mol. The second-order valence-corrected chi connectivity index (χ2v) is 13.5. The number of hydrogen-bond donors (Lipinski definition) is 4. The quantitative estimate of drug-likeness (QED) is 0.150. The number of aromatic hydroxyl groups is 1. The molecule has 13 nitrogen and oxygen atoms in total. The van der Waals surface area contributed by atoms with Gasteiger partial charge in [0.1, 0.15) is 5.75 Å². The van der Waals surface area contributed by atoms with Crippen LogP contribution in [0.2, 0.25) is 0 Å². The van der Waals surface area contributed by atoms with Gasteiger partial charge in [0.05, 0.1) is 28.3 Å². The number of urea groups is 1. The summed E-state index contributed by atoms with van der Waals surface area (Å²) < 4.78 is 23.8. The van der Waals surface area contributed by atoms with Crippen LogP contribution in [0.3, 0.4) is 0 Å². The highest BCUT2D eigenvalue weighted by atomic mass is 79.9. The molecular weight excluding hydrogens is 666 g/mol. The van der Waals surface area contributed by atoms with Gasteiger partial charge >= 0.3 is 12.1 Å². The van der Waals surface area contributed by atoms with Crippen LogP contribution in [-0.2, 0) is 32.7 Å². The van der Waals surface area contributed by atoms with Crippen LogP contribution in [0.15, 0.2) is 73.3 Å². The molecular formula is C30H30BrN7O6S. The smallest absolute Gasteiger partial charge is 0.410 e. The number of phenolic OH excluding ortho intramolecular Hbond substituents is 1. The Morgan fingerprint density at radius 3 is 2.69 bits per heavy atom. The van der Waals surface area contributed by atoms with E-state index in [4.69, 9.17) is 4.74 Å². The number of hydrogen-bond acceptors (Lipinski definition) is 7. The van der Waals surface area contributed by atoms with Crippen LogP contribution < -0.4 is 10.0 Å². The second-order valence-electron chi connectivity index (χ2n) is 10.4. The number of para-hydroxylation sites is 1. The number of piperidine rings is 1. The van der Waals surface area contributed by atoms with Gasteiger partial charge in [-0.15, -0.1) is 4.40 Å². The number of nitrogens with zero attached hydrogens (tertiary/aromatic N) is 5. The first-order valence-electron chi connectivity index (χ1n) is 14.1. The maximum absolute atomic E-state index is 13.2. The fourth-order valence-corrected chi connectivity index (χ4v) is 6.14. The van der Waals surface area contributed by atoms with E-state index >= 15 is 0 Å². The van der Waals surface area contributed by atoms with E-state index in [1.165, 1.54) is 11.0 Å². The summed E-state index contributed by atoms with van der Waals surface area (Å²) in [6.07, 6.45) is 0.996. The Morgan fingerprint density at radius 1 is 1.16 bits per heavy atom. The molecule has 3 aliphatic rings. The number of ether oxygens (including phenoxy) is 1. The molecule has 2 aromatic carbocycles. The first-order chi connectivity index (χ1) is 21.7. The predicted octanol–water partition coefficient (Wildman–Crippen LogP) is 2.93. The zero-order valence-electron chi connectivity index (χ0n) is 24.0. The van der Waals surface area contributed by atoms with Crippen molar-refractivity contribution >= 4 is 67.6 Å². The summed E-state index contributed by atoms with van der Waals surface area (Å²) in [7, 11) is -2.63. The zero-order chi connectivity index (χ0) is 31.8. The Morgan fingerprint density at radius 2 is 1.93 bits per heavy atom. The van der Waals surface area contributed by atoms with Gasteiger partial charge in [-0.1, -0.05) is 24.3 Å². The van der Waals surface area contributed by atoms with Crippen molar-refractivity contribution in [1.82, 2.24) is 14.5 Å². The van der Waals surface area contributed by atoms with Crippen molar-refractivity contribution in [2.45, 2.75) is 37.8 Å². The van der Waals surface area contributed by atoms with Gasteiger partial charge in [0.2, 0.25) is 0 Å². The molecule has 2 saturated heterocycles. The van der Waals surface area contributed by atoms with Crippen molar-refractivity contribution in [1.29, 1.82) is 0 Å². The number of phenols is 1. The largest absolute Gasteiger partial charge is 0.507 e. The predicted molar refractivity (Wildman–Crippen MR) is 173 cm³/mol. The summed E-state index contributed by atoms with van der Waals surface area (Å²) >= 11 is 3.25. The number of rotatable bonds is 7. The number of likely N-dealkylation sites (tertiary alicyclic amines) is 1. The molecule has 15 heteroatoms. The number of anilines is 1. The minimum absolute atomic E-state index is 0.00519. The molecule has 3 aliphatic heterocycles. The van der Waals surface area contributed by atoms with Crippen LogP contribution in [0.5, 0.6) is 5.75 Å². The number of nitrogens with one attached hydrogen (secondary N) is 2. The molecule has 3 N–H and O–H groups in total. The van der Waals surface area contributed by atoms with E-state index < -0.39 is 28.4 Å². The van der Waals surface area contributed by atoms with Gasteiger partial charge in [-0.3, -0.25) is 4.79 Å². The van der Waals surface area contributed by atoms with Gasteiger partial charge in [-0.25, -0.2) is 18.5 Å². The van der Waals surface area contributed by atoms with Crippen LogP contribution in [0.1, 0.15) is 24.0 Å². The van der Waals surface area contributed by atoms with Crippen LogP contribution in [0.25, 0.3) is 0 Å². The molecule has 0 bridgehead atoms. The monoisotopic (exact) mass is 695 g/mol. The normalized spacial score (nSPS) is 18.1. The van der Waals surface area contributed by atoms with Crippen LogP contribution in [0.4, 0.5) is 15.3 Å². The van der Waals surface area contributed by atoms with E-state index in [1.807, 2.05) is 29.2 Å². The van der Waals surface area contributed by atoms with Gasteiger partial charge in [-0.05, 0) is 70.2 Å². The molecule has 3 heterocycles. The number of thiol groups is 1. The van der Waals surface area contributed by atoms with Crippen molar-refractivity contribution in [2.75, 3.05) is 30.8 Å². The minimum atomic E-state index is -2.63. The summed E-state index contributed by atoms with van der Waals surface area (Å²) in [4.78, 5) is 49.8. The first kappa shape index (κ1) is 31.8. The minimum Gasteiger partial charge on any atom is -0.507 e. The highest BCUT2D eigenvalue weighted by Gasteiger charge is 2.33. The van der Waals surface area contributed by atoms with Gasteiger partial charge < -0.3 is 25.0 Å². The third kappa shape index (κ3) is 8.76. The van der Waals surface area contributed by atoms with Gasteiger partial charge in [0.25, 0.3) is 5.91 Å². The van der Waals surface area contributed by atoms with Crippen molar-refractivity contribution < 1.29 is 28.4 Å². The van der Waals surface area contributed by atoms with E-state index in [0.717, 1.165) is 23.9 Å². The molecule has 0 radical (unpaired) electrons. The molecule has 5 rings (SSSR count). The van der Waals surface area contributed by atoms with Gasteiger partial charge in [0, 0.05) is 54.0 Å². The molecule has 45 heavy (non-hydrogen) atoms. The zero-order valence-corrected chi connectivity index (χ0v) is 26.5. The summed E-state index contributed by atoms with van der Waals surface area (Å²) in [6, 6.07) is 12.2. The lowest BCUT2D eigenvalue weighted by Crippen LogP contribution is -2.50. The molecule has 234 valence electrons. The molecule has 2 aromatic rings. The van der Waals surface area contributed by atoms with Crippen molar-refractivity contribution in [3.8, 4) is 5.75 Å². The van der Waals surface area contributed by atoms with Crippen LogP contribution in [0, 0.1) is 0 Å². The summed E-state index contributed by atoms with van der Waals surface area (Å²) in [5.74, 6) is 6.51. The maximum atomic E-state index is 13.2. The lowest BCUT2D eigenvalue weighted by Gasteiger charge is -2.37. The van der Waals surface area contributed by atoms with E-state index in [9.17, 15) is 23.7 Å². The molecule has 0 unspecified atom stereocenters. The third-order valence-electron chi connectivity index (χ3n) is 7.37. The number of aliphatic imine (C=N–C) groups is 2. The fraction of sp³-hybridized carbons (Fsp3) is 0.333. The topological polar surface area (TPSA) is 175 Å². The standard InChI is InChI=1S/C30H30BrN7O6S/c31-24-18-21(6-7-26(24)39)19-27(28(40)33-12-3-11-32-13-14-34-45(43)20-35-45)44-30(42)37-15-9-23(10-16-37)38-17-8-22-4-1-2-5-25(22)36-29(38)41/h1-2,4-7,11,18,23,27,39,45H,8-10,15-17,19-20H2,(H,35,43)(H,36,41)/t27-/m1/s1. The summed E-state index contributed by atoms with van der Waals surface area (Å²) in [6.45, 7) is 1.27. The molecule has 0 spiro atoms. The second kappa shape index (κ2) is 14.5. The Balaban J connectivity index is 1.22. The molecule has 0 aromatic heterocycles. The number of benzene rings is 2. The molecule has 4 amide bonds. The number of carbonyl (C=O) groups excluding carboxylic acids is 3. The lowest BCUT2D eigenvalue weighted by atomic mass is 10.0. The van der Waals surface area contributed by atoms with Gasteiger partial charge in [0.15, 0.2) is 6.10 Å². The van der Waals surface area contributed by atoms with Crippen molar-refractivity contribution in [3.63, 3.8) is 0 Å². The number of carbonyl (C=O) groups is 3. The van der Waals surface area contributed by atoms with Gasteiger partial charge in [-0.2, -0.15) is 9.98 Å². The maximum Gasteiger partial charge on any atom is 0.410 e. The number of fused-ring (bicyclic) bond motifs is 1. The lowest BCUT2D eigenvalue weighted by molar-refractivity contribution is -0.126. The van der Waals surface area contributed by atoms with E-state index in [0.29, 0.717) is 48.4 Å². The SMILES string of the molecule is O=C(N=C=C=CN=C=C=N[SH]1(=O)CN1)[C@@H](Cc1ccc(O)c(Br)c1)OC(=O)N1CCC(N2CCc3ccccc3NC2=O)CC1. The Labute approximate surface area is 268 Å². The molecule has 2 fully saturated rings. The highest BCUT2D eigenvalue weighted by Crippen LogP contribution is 2.27. The molecule has 1 atom stereocenters. The van der Waals surface area contributed by atoms with E-state index in [2.05, 4.69) is 63.7 Å². The van der Waals surface area contributed by atoms with E-state index in [-0.39, 0.29) is 24.2 Å². The summed E-state index contributed by atoms with van der Waals surface area (Å²) in [5, 5.41) is 12.8. The van der Waals surface area contributed by atoms with E-state index in [1.54, 1.807) is 12.1 Å².